The fraction of sp³-hybridized carbons (Fsp3) is 0.467. The average molecular weight is 289 g/mol. The predicted octanol–water partition coefficient (Wildman–Crippen LogP) is 2.04. The van der Waals surface area contributed by atoms with Crippen LogP contribution in [0.1, 0.15) is 31.0 Å². The van der Waals surface area contributed by atoms with Crippen LogP contribution in [0.15, 0.2) is 28.8 Å². The first-order valence-electron chi connectivity index (χ1n) is 7.09. The summed E-state index contributed by atoms with van der Waals surface area (Å²) in [6.07, 6.45) is 3.51. The molecule has 1 saturated carbocycles. The molecule has 0 bridgehead atoms. The number of aromatic nitrogens is 2. The zero-order valence-corrected chi connectivity index (χ0v) is 12.0. The summed E-state index contributed by atoms with van der Waals surface area (Å²) < 4.78 is 16.1. The van der Waals surface area contributed by atoms with E-state index >= 15 is 0 Å². The quantitative estimate of drug-likeness (QED) is 0.876. The van der Waals surface area contributed by atoms with Crippen LogP contribution < -0.4 is 15.2 Å². The number of hydrogen-bond donors (Lipinski definition) is 1. The number of benzene rings is 1. The van der Waals surface area contributed by atoms with Gasteiger partial charge in [-0.05, 0) is 31.4 Å². The first-order valence-corrected chi connectivity index (χ1v) is 7.09. The number of nitrogens with zero attached hydrogens (tertiary/aromatic N) is 2. The molecule has 0 amide bonds. The minimum atomic E-state index is -0.384. The highest BCUT2D eigenvalue weighted by atomic mass is 16.5. The van der Waals surface area contributed by atoms with Crippen LogP contribution >= 0.6 is 0 Å². The van der Waals surface area contributed by atoms with Crippen molar-refractivity contribution in [2.45, 2.75) is 31.2 Å². The second-order valence-corrected chi connectivity index (χ2v) is 5.27. The maximum Gasteiger partial charge on any atom is 0.230 e. The molecule has 3 rings (SSSR count). The number of ether oxygens (including phenoxy) is 2. The molecular weight excluding hydrogens is 270 g/mol. The second kappa shape index (κ2) is 5.73. The Morgan fingerprint density at radius 1 is 1.29 bits per heavy atom. The predicted molar refractivity (Wildman–Crippen MR) is 76.2 cm³/mol. The molecule has 6 nitrogen and oxygen atoms in total. The number of para-hydroxylation sites is 2. The highest BCUT2D eigenvalue weighted by Crippen LogP contribution is 2.36. The van der Waals surface area contributed by atoms with Gasteiger partial charge in [0.2, 0.25) is 5.89 Å². The lowest BCUT2D eigenvalue weighted by atomic mass is 9.77. The van der Waals surface area contributed by atoms with Gasteiger partial charge in [-0.3, -0.25) is 0 Å². The van der Waals surface area contributed by atoms with Crippen LogP contribution in [0.2, 0.25) is 0 Å². The molecule has 0 spiro atoms. The fourth-order valence-corrected chi connectivity index (χ4v) is 2.33. The molecule has 0 atom stereocenters. The summed E-state index contributed by atoms with van der Waals surface area (Å²) in [5.41, 5.74) is 5.78. The Morgan fingerprint density at radius 2 is 2.05 bits per heavy atom. The molecule has 0 aliphatic heterocycles. The molecule has 0 saturated heterocycles. The van der Waals surface area contributed by atoms with E-state index in [0.717, 1.165) is 19.3 Å². The van der Waals surface area contributed by atoms with Crippen molar-refractivity contribution in [2.24, 2.45) is 5.73 Å². The van der Waals surface area contributed by atoms with E-state index < -0.39 is 0 Å². The van der Waals surface area contributed by atoms with Gasteiger partial charge in [0.05, 0.1) is 25.7 Å². The van der Waals surface area contributed by atoms with Crippen molar-refractivity contribution in [3.05, 3.63) is 36.0 Å². The number of nitrogens with two attached hydrogens (primary N) is 1. The van der Waals surface area contributed by atoms with E-state index in [2.05, 4.69) is 10.1 Å². The van der Waals surface area contributed by atoms with Crippen LogP contribution in [0.4, 0.5) is 0 Å². The standard InChI is InChI=1S/C15H19N3O3/c1-19-11-5-2-3-6-12(11)20-10-7-13-17-14(18-21-13)15(16)8-4-9-15/h2-3,5-6H,4,7-10,16H2,1H3. The topological polar surface area (TPSA) is 83.4 Å². The Bertz CT molecular complexity index is 608. The van der Waals surface area contributed by atoms with Gasteiger partial charge in [0.15, 0.2) is 17.3 Å². The van der Waals surface area contributed by atoms with Crippen LogP contribution in [0.5, 0.6) is 11.5 Å². The van der Waals surface area contributed by atoms with Crippen molar-refractivity contribution in [3.8, 4) is 11.5 Å². The Balaban J connectivity index is 1.56. The van der Waals surface area contributed by atoms with E-state index in [-0.39, 0.29) is 5.54 Å². The van der Waals surface area contributed by atoms with Crippen molar-refractivity contribution in [1.29, 1.82) is 0 Å². The van der Waals surface area contributed by atoms with Gasteiger partial charge in [0, 0.05) is 0 Å². The summed E-state index contributed by atoms with van der Waals surface area (Å²) in [5.74, 6) is 2.57. The smallest absolute Gasteiger partial charge is 0.230 e. The maximum absolute atomic E-state index is 6.16. The second-order valence-electron chi connectivity index (χ2n) is 5.27. The Morgan fingerprint density at radius 3 is 2.71 bits per heavy atom. The lowest BCUT2D eigenvalue weighted by molar-refractivity contribution is 0.228. The minimum Gasteiger partial charge on any atom is -0.493 e. The first kappa shape index (κ1) is 13.9. The molecule has 1 aromatic carbocycles. The maximum atomic E-state index is 6.16. The highest BCUT2D eigenvalue weighted by molar-refractivity contribution is 5.39. The summed E-state index contributed by atoms with van der Waals surface area (Å²) in [6.45, 7) is 0.444. The lowest BCUT2D eigenvalue weighted by Gasteiger charge is -2.34. The molecule has 1 fully saturated rings. The molecule has 1 aromatic heterocycles. The minimum absolute atomic E-state index is 0.384. The first-order chi connectivity index (χ1) is 10.2. The third-order valence-corrected chi connectivity index (χ3v) is 3.80. The van der Waals surface area contributed by atoms with Crippen molar-refractivity contribution in [1.82, 2.24) is 10.1 Å². The normalized spacial score (nSPS) is 16.3. The van der Waals surface area contributed by atoms with E-state index in [4.69, 9.17) is 19.7 Å². The lowest BCUT2D eigenvalue weighted by Crippen LogP contribution is -2.44. The van der Waals surface area contributed by atoms with Gasteiger partial charge >= 0.3 is 0 Å². The molecule has 1 aliphatic rings. The highest BCUT2D eigenvalue weighted by Gasteiger charge is 2.38. The summed E-state index contributed by atoms with van der Waals surface area (Å²) in [7, 11) is 1.62. The van der Waals surface area contributed by atoms with Gasteiger partial charge in [-0.1, -0.05) is 17.3 Å². The van der Waals surface area contributed by atoms with Crippen molar-refractivity contribution < 1.29 is 14.0 Å². The van der Waals surface area contributed by atoms with Gasteiger partial charge in [-0.2, -0.15) is 4.98 Å². The zero-order chi connectivity index (χ0) is 14.7. The summed E-state index contributed by atoms with van der Waals surface area (Å²) in [4.78, 5) is 4.36. The Hall–Kier alpha value is -2.08. The van der Waals surface area contributed by atoms with Gasteiger partial charge in [0.25, 0.3) is 0 Å². The van der Waals surface area contributed by atoms with Crippen LogP contribution in [-0.2, 0) is 12.0 Å². The van der Waals surface area contributed by atoms with Gasteiger partial charge in [0.1, 0.15) is 0 Å². The van der Waals surface area contributed by atoms with Crippen LogP contribution in [0, 0.1) is 0 Å². The third kappa shape index (κ3) is 2.85. The summed E-state index contributed by atoms with van der Waals surface area (Å²) >= 11 is 0. The number of methoxy groups -OCH3 is 1. The molecule has 1 heterocycles. The molecule has 21 heavy (non-hydrogen) atoms. The van der Waals surface area contributed by atoms with Gasteiger partial charge in [-0.25, -0.2) is 0 Å². The third-order valence-electron chi connectivity index (χ3n) is 3.80. The SMILES string of the molecule is COc1ccccc1OCCc1nc(C2(N)CCC2)no1. The molecule has 112 valence electrons. The molecule has 2 N–H and O–H groups in total. The summed E-state index contributed by atoms with van der Waals surface area (Å²) in [6, 6.07) is 7.52. The van der Waals surface area contributed by atoms with Crippen LogP contribution in [0.3, 0.4) is 0 Å². The van der Waals surface area contributed by atoms with Gasteiger partial charge < -0.3 is 19.7 Å². The van der Waals surface area contributed by atoms with Crippen LogP contribution in [-0.4, -0.2) is 23.9 Å². The van der Waals surface area contributed by atoms with E-state index in [9.17, 15) is 0 Å². The average Bonchev–Trinajstić information content (AvgIpc) is 2.94. The molecule has 6 heteroatoms. The van der Waals surface area contributed by atoms with Gasteiger partial charge in [-0.15, -0.1) is 0 Å². The van der Waals surface area contributed by atoms with E-state index in [1.54, 1.807) is 7.11 Å². The van der Waals surface area contributed by atoms with E-state index in [0.29, 0.717) is 36.2 Å². The van der Waals surface area contributed by atoms with Crippen molar-refractivity contribution in [2.75, 3.05) is 13.7 Å². The largest absolute Gasteiger partial charge is 0.493 e. The molecular formula is C15H19N3O3. The fourth-order valence-electron chi connectivity index (χ4n) is 2.33. The Kier molecular flexibility index (Phi) is 3.79. The zero-order valence-electron chi connectivity index (χ0n) is 12.0. The van der Waals surface area contributed by atoms with Crippen LogP contribution in [0.25, 0.3) is 0 Å². The molecule has 2 aromatic rings. The van der Waals surface area contributed by atoms with Crippen molar-refractivity contribution >= 4 is 0 Å². The monoisotopic (exact) mass is 289 g/mol. The van der Waals surface area contributed by atoms with Crippen molar-refractivity contribution in [3.63, 3.8) is 0 Å². The number of rotatable bonds is 6. The summed E-state index contributed by atoms with van der Waals surface area (Å²) in [5, 5.41) is 3.98. The van der Waals surface area contributed by atoms with E-state index in [1.165, 1.54) is 0 Å². The molecule has 0 unspecified atom stereocenters. The Labute approximate surface area is 123 Å². The molecule has 0 radical (unpaired) electrons. The van der Waals surface area contributed by atoms with E-state index in [1.807, 2.05) is 24.3 Å². The molecule has 1 aliphatic carbocycles. The number of hydrogen-bond acceptors (Lipinski definition) is 6.